The number of esters is 1. The summed E-state index contributed by atoms with van der Waals surface area (Å²) in [7, 11) is 0. The van der Waals surface area contributed by atoms with Gasteiger partial charge in [0.1, 0.15) is 10.7 Å². The van der Waals surface area contributed by atoms with Gasteiger partial charge in [0.15, 0.2) is 18.2 Å². The van der Waals surface area contributed by atoms with Crippen LogP contribution in [0.4, 0.5) is 14.5 Å². The van der Waals surface area contributed by atoms with E-state index in [9.17, 15) is 23.2 Å². The lowest BCUT2D eigenvalue weighted by molar-refractivity contribution is -0.126. The van der Waals surface area contributed by atoms with Crippen LogP contribution in [0.1, 0.15) is 16.1 Å². The standard InChI is InChI=1S/C21H17ClF2N4O4/c1-12-19(20(22)28(27-12)14-5-3-2-4-6-14)21(31)32-11-18(30)25-10-17(29)26-13-7-8-15(23)16(24)9-13/h2-9H,10-11H2,1H3,(H,25,30)(H,26,29). The summed E-state index contributed by atoms with van der Waals surface area (Å²) in [6.45, 7) is 0.440. The van der Waals surface area contributed by atoms with Crippen LogP contribution in [0, 0.1) is 18.6 Å². The van der Waals surface area contributed by atoms with Gasteiger partial charge in [0.25, 0.3) is 5.91 Å². The number of para-hydroxylation sites is 1. The Hall–Kier alpha value is -3.79. The lowest BCUT2D eigenvalue weighted by atomic mass is 10.2. The van der Waals surface area contributed by atoms with E-state index in [2.05, 4.69) is 15.7 Å². The molecule has 0 unspecified atom stereocenters. The molecule has 0 bridgehead atoms. The van der Waals surface area contributed by atoms with Crippen molar-refractivity contribution in [1.29, 1.82) is 0 Å². The smallest absolute Gasteiger partial charge is 0.343 e. The van der Waals surface area contributed by atoms with Crippen LogP contribution in [0.25, 0.3) is 5.69 Å². The highest BCUT2D eigenvalue weighted by Crippen LogP contribution is 2.24. The highest BCUT2D eigenvalue weighted by Gasteiger charge is 2.23. The molecule has 8 nitrogen and oxygen atoms in total. The number of anilines is 1. The highest BCUT2D eigenvalue weighted by molar-refractivity contribution is 6.33. The number of nitrogens with one attached hydrogen (secondary N) is 2. The second-order valence-electron chi connectivity index (χ2n) is 6.53. The maximum absolute atomic E-state index is 13.2. The second kappa shape index (κ2) is 10.0. The normalized spacial score (nSPS) is 10.5. The molecule has 2 amide bonds. The van der Waals surface area contributed by atoms with Crippen LogP contribution in [0.5, 0.6) is 0 Å². The fraction of sp³-hybridized carbons (Fsp3) is 0.143. The number of hydrogen-bond donors (Lipinski definition) is 2. The summed E-state index contributed by atoms with van der Waals surface area (Å²) in [4.78, 5) is 36.1. The summed E-state index contributed by atoms with van der Waals surface area (Å²) in [6.07, 6.45) is 0. The Morgan fingerprint density at radius 1 is 1.06 bits per heavy atom. The molecule has 1 aromatic heterocycles. The van der Waals surface area contributed by atoms with E-state index in [-0.39, 0.29) is 16.4 Å². The van der Waals surface area contributed by atoms with Crippen molar-refractivity contribution in [2.24, 2.45) is 0 Å². The van der Waals surface area contributed by atoms with E-state index in [1.807, 2.05) is 6.07 Å². The quantitative estimate of drug-likeness (QED) is 0.525. The molecule has 2 aromatic carbocycles. The lowest BCUT2D eigenvalue weighted by Crippen LogP contribution is -2.35. The van der Waals surface area contributed by atoms with Gasteiger partial charge < -0.3 is 15.4 Å². The molecule has 0 saturated heterocycles. The monoisotopic (exact) mass is 462 g/mol. The van der Waals surface area contributed by atoms with Crippen LogP contribution < -0.4 is 10.6 Å². The fourth-order valence-corrected chi connectivity index (χ4v) is 3.03. The zero-order chi connectivity index (χ0) is 23.3. The third kappa shape index (κ3) is 5.46. The van der Waals surface area contributed by atoms with Crippen molar-refractivity contribution in [2.45, 2.75) is 6.92 Å². The second-order valence-corrected chi connectivity index (χ2v) is 6.89. The number of aromatic nitrogens is 2. The molecular weight excluding hydrogens is 446 g/mol. The van der Waals surface area contributed by atoms with E-state index in [1.54, 1.807) is 31.2 Å². The molecule has 0 fully saturated rings. The van der Waals surface area contributed by atoms with Gasteiger partial charge in [-0.3, -0.25) is 9.59 Å². The Labute approximate surface area is 186 Å². The number of carbonyl (C=O) groups excluding carboxylic acids is 3. The first-order valence-corrected chi connectivity index (χ1v) is 9.63. The van der Waals surface area contributed by atoms with Gasteiger partial charge in [0, 0.05) is 11.8 Å². The molecule has 166 valence electrons. The number of halogens is 3. The maximum atomic E-state index is 13.2. The molecule has 0 aliphatic carbocycles. The molecular formula is C21H17ClF2N4O4. The zero-order valence-corrected chi connectivity index (χ0v) is 17.5. The van der Waals surface area contributed by atoms with Crippen LogP contribution in [-0.2, 0) is 14.3 Å². The molecule has 0 spiro atoms. The maximum Gasteiger partial charge on any atom is 0.343 e. The molecule has 1 heterocycles. The predicted molar refractivity (Wildman–Crippen MR) is 112 cm³/mol. The van der Waals surface area contributed by atoms with Crippen molar-refractivity contribution in [3.63, 3.8) is 0 Å². The first kappa shape index (κ1) is 22.9. The fourth-order valence-electron chi connectivity index (χ4n) is 2.68. The van der Waals surface area contributed by atoms with Gasteiger partial charge in [0.05, 0.1) is 17.9 Å². The summed E-state index contributed by atoms with van der Waals surface area (Å²) < 4.78 is 32.4. The summed E-state index contributed by atoms with van der Waals surface area (Å²) in [5, 5.41) is 8.79. The average molecular weight is 463 g/mol. The lowest BCUT2D eigenvalue weighted by Gasteiger charge is -2.08. The third-order valence-corrected chi connectivity index (χ3v) is 4.54. The Bertz CT molecular complexity index is 1170. The number of amides is 2. The van der Waals surface area contributed by atoms with Crippen molar-refractivity contribution in [3.8, 4) is 5.69 Å². The first-order chi connectivity index (χ1) is 15.3. The van der Waals surface area contributed by atoms with Crippen molar-refractivity contribution in [2.75, 3.05) is 18.5 Å². The zero-order valence-electron chi connectivity index (χ0n) is 16.7. The van der Waals surface area contributed by atoms with Crippen molar-refractivity contribution in [1.82, 2.24) is 15.1 Å². The molecule has 0 radical (unpaired) electrons. The number of carbonyl (C=O) groups is 3. The van der Waals surface area contributed by atoms with Crippen LogP contribution >= 0.6 is 11.6 Å². The Morgan fingerprint density at radius 3 is 2.47 bits per heavy atom. The van der Waals surface area contributed by atoms with E-state index in [4.69, 9.17) is 16.3 Å². The minimum absolute atomic E-state index is 0.0133. The van der Waals surface area contributed by atoms with Gasteiger partial charge in [-0.25, -0.2) is 18.3 Å². The molecule has 0 saturated carbocycles. The average Bonchev–Trinajstić information content (AvgIpc) is 3.07. The Kier molecular flexibility index (Phi) is 7.16. The number of aryl methyl sites for hydroxylation is 1. The Balaban J connectivity index is 1.52. The Morgan fingerprint density at radius 2 is 1.78 bits per heavy atom. The van der Waals surface area contributed by atoms with Crippen molar-refractivity contribution < 1.29 is 27.9 Å². The number of nitrogens with zero attached hydrogens (tertiary/aromatic N) is 2. The van der Waals surface area contributed by atoms with E-state index in [0.717, 1.165) is 12.1 Å². The van der Waals surface area contributed by atoms with E-state index < -0.39 is 42.6 Å². The van der Waals surface area contributed by atoms with Gasteiger partial charge in [-0.05, 0) is 31.2 Å². The minimum Gasteiger partial charge on any atom is -0.452 e. The number of rotatable bonds is 7. The summed E-state index contributed by atoms with van der Waals surface area (Å²) in [6, 6.07) is 11.7. The first-order valence-electron chi connectivity index (χ1n) is 9.25. The minimum atomic E-state index is -1.12. The van der Waals surface area contributed by atoms with E-state index >= 15 is 0 Å². The van der Waals surface area contributed by atoms with Crippen LogP contribution in [-0.4, -0.2) is 40.7 Å². The van der Waals surface area contributed by atoms with Crippen molar-refractivity contribution >= 4 is 35.1 Å². The van der Waals surface area contributed by atoms with Crippen LogP contribution in [0.2, 0.25) is 5.15 Å². The highest BCUT2D eigenvalue weighted by atomic mass is 35.5. The summed E-state index contributed by atoms with van der Waals surface area (Å²) in [5.74, 6) is -4.45. The predicted octanol–water partition coefficient (Wildman–Crippen LogP) is 3.02. The van der Waals surface area contributed by atoms with Gasteiger partial charge in [-0.1, -0.05) is 29.8 Å². The molecule has 3 aromatic rings. The number of ether oxygens (including phenoxy) is 1. The largest absolute Gasteiger partial charge is 0.452 e. The molecule has 11 heteroatoms. The third-order valence-electron chi connectivity index (χ3n) is 4.19. The van der Waals surface area contributed by atoms with Crippen LogP contribution in [0.3, 0.4) is 0 Å². The summed E-state index contributed by atoms with van der Waals surface area (Å²) >= 11 is 6.27. The number of hydrogen-bond acceptors (Lipinski definition) is 5. The van der Waals surface area contributed by atoms with Crippen molar-refractivity contribution in [3.05, 3.63) is 76.6 Å². The van der Waals surface area contributed by atoms with Gasteiger partial charge in [0.2, 0.25) is 5.91 Å². The molecule has 0 aliphatic heterocycles. The SMILES string of the molecule is Cc1nn(-c2ccccc2)c(Cl)c1C(=O)OCC(=O)NCC(=O)Nc1ccc(F)c(F)c1. The molecule has 32 heavy (non-hydrogen) atoms. The molecule has 2 N–H and O–H groups in total. The van der Waals surface area contributed by atoms with Gasteiger partial charge in [-0.15, -0.1) is 0 Å². The topological polar surface area (TPSA) is 102 Å². The van der Waals surface area contributed by atoms with E-state index in [0.29, 0.717) is 11.4 Å². The van der Waals surface area contributed by atoms with Crippen LogP contribution in [0.15, 0.2) is 48.5 Å². The van der Waals surface area contributed by atoms with E-state index in [1.165, 1.54) is 10.7 Å². The summed E-state index contributed by atoms with van der Waals surface area (Å²) in [5.41, 5.74) is 0.995. The van der Waals surface area contributed by atoms with Gasteiger partial charge in [-0.2, -0.15) is 5.10 Å². The molecule has 0 atom stereocenters. The number of benzene rings is 2. The molecule has 3 rings (SSSR count). The van der Waals surface area contributed by atoms with Gasteiger partial charge >= 0.3 is 5.97 Å². The molecule has 0 aliphatic rings.